The summed E-state index contributed by atoms with van der Waals surface area (Å²) in [5.74, 6) is 0.597. The number of nitrogens with one attached hydrogen (secondary N) is 3. The van der Waals surface area contributed by atoms with Crippen LogP contribution in [0.4, 0.5) is 21.3 Å². The normalized spacial score (nSPS) is 10.2. The highest BCUT2D eigenvalue weighted by molar-refractivity contribution is 8.01. The van der Waals surface area contributed by atoms with Gasteiger partial charge in [0.2, 0.25) is 11.0 Å². The Balaban J connectivity index is 1.47. The highest BCUT2D eigenvalue weighted by atomic mass is 32.2. The number of rotatable bonds is 8. The van der Waals surface area contributed by atoms with Gasteiger partial charge in [0.05, 0.1) is 18.0 Å². The highest BCUT2D eigenvalue weighted by Crippen LogP contribution is 2.27. The first-order valence-corrected chi connectivity index (χ1v) is 10.6. The summed E-state index contributed by atoms with van der Waals surface area (Å²) in [6.07, 6.45) is 0. The minimum Gasteiger partial charge on any atom is -0.492 e. The summed E-state index contributed by atoms with van der Waals surface area (Å²) in [6.45, 7) is 2.40. The largest absolute Gasteiger partial charge is 0.492 e. The number of amides is 3. The number of para-hydroxylation sites is 3. The number of carbonyl (C=O) groups excluding carboxylic acids is 2. The molecule has 150 valence electrons. The third-order valence-electron chi connectivity index (χ3n) is 3.45. The fraction of sp³-hybridized carbons (Fsp3) is 0.158. The predicted octanol–water partition coefficient (Wildman–Crippen LogP) is 4.31. The fourth-order valence-electron chi connectivity index (χ4n) is 2.26. The van der Waals surface area contributed by atoms with Crippen LogP contribution in [0.25, 0.3) is 0 Å². The second-order valence-corrected chi connectivity index (χ2v) is 7.78. The molecule has 3 N–H and O–H groups in total. The van der Waals surface area contributed by atoms with Gasteiger partial charge in [-0.3, -0.25) is 10.1 Å². The number of ether oxygens (including phenoxy) is 1. The van der Waals surface area contributed by atoms with Crippen LogP contribution in [0.3, 0.4) is 0 Å². The van der Waals surface area contributed by atoms with Gasteiger partial charge in [0.1, 0.15) is 5.75 Å². The maximum Gasteiger partial charge on any atom is 0.325 e. The van der Waals surface area contributed by atoms with Crippen molar-refractivity contribution in [2.24, 2.45) is 0 Å². The number of thioether (sulfide) groups is 1. The Morgan fingerprint density at radius 3 is 2.55 bits per heavy atom. The SMILES string of the molecule is CCOc1ccccc1NC(=O)CSc1nnc(NC(=O)Nc2ccccc2)s1. The van der Waals surface area contributed by atoms with Crippen molar-refractivity contribution in [1.29, 1.82) is 0 Å². The lowest BCUT2D eigenvalue weighted by atomic mass is 10.3. The van der Waals surface area contributed by atoms with Gasteiger partial charge < -0.3 is 15.4 Å². The maximum absolute atomic E-state index is 12.2. The molecule has 0 saturated heterocycles. The van der Waals surface area contributed by atoms with Gasteiger partial charge in [0.25, 0.3) is 0 Å². The van der Waals surface area contributed by atoms with Crippen LogP contribution in [-0.2, 0) is 4.79 Å². The molecular weight excluding hydrogens is 410 g/mol. The Hall–Kier alpha value is -3.11. The molecule has 0 aliphatic rings. The van der Waals surface area contributed by atoms with Crippen molar-refractivity contribution >= 4 is 51.5 Å². The number of benzene rings is 2. The van der Waals surface area contributed by atoms with Gasteiger partial charge in [-0.25, -0.2) is 4.79 Å². The molecule has 1 heterocycles. The Kier molecular flexibility index (Phi) is 7.42. The predicted molar refractivity (Wildman–Crippen MR) is 116 cm³/mol. The molecule has 0 saturated carbocycles. The minimum atomic E-state index is -0.408. The topological polar surface area (TPSA) is 105 Å². The molecule has 3 amide bonds. The Bertz CT molecular complexity index is 965. The smallest absolute Gasteiger partial charge is 0.325 e. The van der Waals surface area contributed by atoms with Crippen LogP contribution in [0.5, 0.6) is 5.75 Å². The van der Waals surface area contributed by atoms with Crippen molar-refractivity contribution < 1.29 is 14.3 Å². The lowest BCUT2D eigenvalue weighted by molar-refractivity contribution is -0.113. The zero-order chi connectivity index (χ0) is 20.5. The quantitative estimate of drug-likeness (QED) is 0.364. The van der Waals surface area contributed by atoms with Crippen LogP contribution in [0.1, 0.15) is 6.92 Å². The van der Waals surface area contributed by atoms with Gasteiger partial charge in [-0.2, -0.15) is 0 Å². The second-order valence-electron chi connectivity index (χ2n) is 5.58. The summed E-state index contributed by atoms with van der Waals surface area (Å²) in [4.78, 5) is 24.2. The molecule has 29 heavy (non-hydrogen) atoms. The molecule has 0 unspecified atom stereocenters. The molecule has 3 aromatic rings. The van der Waals surface area contributed by atoms with E-state index in [0.29, 0.717) is 33.2 Å². The Morgan fingerprint density at radius 1 is 1.00 bits per heavy atom. The first-order chi connectivity index (χ1) is 14.1. The number of urea groups is 1. The highest BCUT2D eigenvalue weighted by Gasteiger charge is 2.12. The maximum atomic E-state index is 12.2. The summed E-state index contributed by atoms with van der Waals surface area (Å²) in [5, 5.41) is 16.4. The van der Waals surface area contributed by atoms with Crippen LogP contribution < -0.4 is 20.7 Å². The molecule has 0 bridgehead atoms. The number of hydrogen-bond acceptors (Lipinski definition) is 7. The van der Waals surface area contributed by atoms with Crippen LogP contribution in [0, 0.1) is 0 Å². The summed E-state index contributed by atoms with van der Waals surface area (Å²) in [5.41, 5.74) is 1.30. The Labute approximate surface area is 176 Å². The van der Waals surface area contributed by atoms with E-state index in [2.05, 4.69) is 26.1 Å². The van der Waals surface area contributed by atoms with Crippen molar-refractivity contribution in [3.05, 3.63) is 54.6 Å². The van der Waals surface area contributed by atoms with Gasteiger partial charge >= 0.3 is 6.03 Å². The summed E-state index contributed by atoms with van der Waals surface area (Å²) in [6, 6.07) is 15.9. The molecule has 0 fully saturated rings. The van der Waals surface area contributed by atoms with Gasteiger partial charge in [-0.15, -0.1) is 10.2 Å². The van der Waals surface area contributed by atoms with Gasteiger partial charge in [-0.1, -0.05) is 53.4 Å². The van der Waals surface area contributed by atoms with Crippen LogP contribution >= 0.6 is 23.1 Å². The van der Waals surface area contributed by atoms with E-state index >= 15 is 0 Å². The van der Waals surface area contributed by atoms with E-state index < -0.39 is 6.03 Å². The van der Waals surface area contributed by atoms with Crippen LogP contribution in [0.15, 0.2) is 58.9 Å². The third kappa shape index (κ3) is 6.47. The van der Waals surface area contributed by atoms with E-state index in [1.807, 2.05) is 37.3 Å². The van der Waals surface area contributed by atoms with Crippen LogP contribution in [0.2, 0.25) is 0 Å². The fourth-order valence-corrected chi connectivity index (χ4v) is 3.81. The van der Waals surface area contributed by atoms with Crippen LogP contribution in [-0.4, -0.2) is 34.5 Å². The van der Waals surface area contributed by atoms with Crippen molar-refractivity contribution in [2.45, 2.75) is 11.3 Å². The molecule has 0 spiro atoms. The molecule has 1 aromatic heterocycles. The lowest BCUT2D eigenvalue weighted by Crippen LogP contribution is -2.19. The second kappa shape index (κ2) is 10.4. The average molecular weight is 430 g/mol. The number of carbonyl (C=O) groups is 2. The Morgan fingerprint density at radius 2 is 1.76 bits per heavy atom. The zero-order valence-corrected chi connectivity index (χ0v) is 17.2. The van der Waals surface area contributed by atoms with Gasteiger partial charge in [0.15, 0.2) is 4.34 Å². The average Bonchev–Trinajstić information content (AvgIpc) is 3.16. The monoisotopic (exact) mass is 429 g/mol. The molecule has 0 radical (unpaired) electrons. The number of nitrogens with zero attached hydrogens (tertiary/aromatic N) is 2. The molecule has 0 atom stereocenters. The van der Waals surface area contributed by atoms with E-state index in [9.17, 15) is 9.59 Å². The zero-order valence-electron chi connectivity index (χ0n) is 15.5. The standard InChI is InChI=1S/C19H19N5O3S2/c1-2-27-15-11-7-6-10-14(15)21-16(25)12-28-19-24-23-18(29-19)22-17(26)20-13-8-4-3-5-9-13/h3-11H,2,12H2,1H3,(H,21,25)(H2,20,22,23,26). The molecular formula is C19H19N5O3S2. The van der Waals surface area contributed by atoms with E-state index in [0.717, 1.165) is 0 Å². The van der Waals surface area contributed by atoms with Crippen molar-refractivity contribution in [1.82, 2.24) is 10.2 Å². The lowest BCUT2D eigenvalue weighted by Gasteiger charge is -2.10. The molecule has 2 aromatic carbocycles. The van der Waals surface area contributed by atoms with E-state index in [1.54, 1.807) is 24.3 Å². The third-order valence-corrected chi connectivity index (χ3v) is 5.42. The van der Waals surface area contributed by atoms with Crippen molar-refractivity contribution in [3.63, 3.8) is 0 Å². The molecule has 0 aliphatic heterocycles. The summed E-state index contributed by atoms with van der Waals surface area (Å²) < 4.78 is 6.07. The number of anilines is 3. The number of hydrogen-bond donors (Lipinski definition) is 3. The van der Waals surface area contributed by atoms with Gasteiger partial charge in [-0.05, 0) is 31.2 Å². The van der Waals surface area contributed by atoms with Crippen molar-refractivity contribution in [3.8, 4) is 5.75 Å². The molecule has 3 rings (SSSR count). The molecule has 0 aliphatic carbocycles. The van der Waals surface area contributed by atoms with E-state index in [1.165, 1.54) is 23.1 Å². The van der Waals surface area contributed by atoms with E-state index in [-0.39, 0.29) is 11.7 Å². The summed E-state index contributed by atoms with van der Waals surface area (Å²) >= 11 is 2.43. The first-order valence-electron chi connectivity index (χ1n) is 8.75. The van der Waals surface area contributed by atoms with Crippen molar-refractivity contribution in [2.75, 3.05) is 28.3 Å². The summed E-state index contributed by atoms with van der Waals surface area (Å²) in [7, 11) is 0. The minimum absolute atomic E-state index is 0.158. The molecule has 10 heteroatoms. The molecule has 8 nitrogen and oxygen atoms in total. The number of aromatic nitrogens is 2. The first kappa shape index (κ1) is 20.6. The van der Waals surface area contributed by atoms with E-state index in [4.69, 9.17) is 4.74 Å². The van der Waals surface area contributed by atoms with Gasteiger partial charge in [0, 0.05) is 5.69 Å².